The van der Waals surface area contributed by atoms with Crippen molar-refractivity contribution in [2.75, 3.05) is 56.2 Å². The van der Waals surface area contributed by atoms with E-state index < -0.39 is 5.92 Å². The number of carbonyl (C=O) groups is 3. The summed E-state index contributed by atoms with van der Waals surface area (Å²) >= 11 is 0. The predicted octanol–water partition coefficient (Wildman–Crippen LogP) is 2.36. The van der Waals surface area contributed by atoms with Gasteiger partial charge in [0.15, 0.2) is 0 Å². The third-order valence-corrected chi connectivity index (χ3v) is 6.61. The van der Waals surface area contributed by atoms with Gasteiger partial charge in [-0.1, -0.05) is 24.3 Å². The van der Waals surface area contributed by atoms with E-state index in [1.165, 1.54) is 0 Å². The van der Waals surface area contributed by atoms with Crippen LogP contribution in [0.3, 0.4) is 0 Å². The van der Waals surface area contributed by atoms with Gasteiger partial charge in [0, 0.05) is 44.8 Å². The second-order valence-electron chi connectivity index (χ2n) is 8.87. The number of para-hydroxylation sites is 1. The van der Waals surface area contributed by atoms with Gasteiger partial charge in [0.2, 0.25) is 11.8 Å². The lowest BCUT2D eigenvalue weighted by atomic mass is 10.1. The number of amides is 3. The number of morpholine rings is 1. The highest BCUT2D eigenvalue weighted by Gasteiger charge is 2.36. The van der Waals surface area contributed by atoms with Crippen molar-refractivity contribution in [3.05, 3.63) is 59.2 Å². The lowest BCUT2D eigenvalue weighted by Gasteiger charge is -2.26. The molecule has 2 saturated heterocycles. The standard InChI is InChI=1S/C26H32N4O4/c1-18-6-5-9-23(19(18)2)30-17-20(16-24(30)31)25(32)28-22-8-4-3-7-21(22)26(33)27-10-11-29-12-14-34-15-13-29/h3-9,20H,10-17H2,1-2H3,(H,27,33)(H,28,32). The second-order valence-corrected chi connectivity index (χ2v) is 8.87. The summed E-state index contributed by atoms with van der Waals surface area (Å²) in [7, 11) is 0. The molecule has 0 saturated carbocycles. The number of ether oxygens (including phenoxy) is 1. The Hall–Kier alpha value is -3.23. The molecule has 34 heavy (non-hydrogen) atoms. The summed E-state index contributed by atoms with van der Waals surface area (Å²) in [5, 5.41) is 5.83. The molecule has 2 fully saturated rings. The molecular weight excluding hydrogens is 432 g/mol. The quantitative estimate of drug-likeness (QED) is 0.657. The monoisotopic (exact) mass is 464 g/mol. The lowest BCUT2D eigenvalue weighted by Crippen LogP contribution is -2.41. The van der Waals surface area contributed by atoms with Crippen molar-refractivity contribution in [2.24, 2.45) is 5.92 Å². The van der Waals surface area contributed by atoms with Crippen LogP contribution in [-0.4, -0.2) is 68.6 Å². The molecule has 2 heterocycles. The van der Waals surface area contributed by atoms with Crippen molar-refractivity contribution in [2.45, 2.75) is 20.3 Å². The van der Waals surface area contributed by atoms with Crippen LogP contribution in [-0.2, 0) is 14.3 Å². The zero-order valence-electron chi connectivity index (χ0n) is 19.8. The van der Waals surface area contributed by atoms with Crippen molar-refractivity contribution in [3.8, 4) is 0 Å². The van der Waals surface area contributed by atoms with Crippen LogP contribution in [0.5, 0.6) is 0 Å². The van der Waals surface area contributed by atoms with Crippen molar-refractivity contribution in [1.82, 2.24) is 10.2 Å². The van der Waals surface area contributed by atoms with E-state index in [-0.39, 0.29) is 24.1 Å². The first-order valence-electron chi connectivity index (χ1n) is 11.8. The number of hydrogen-bond donors (Lipinski definition) is 2. The minimum absolute atomic E-state index is 0.0667. The summed E-state index contributed by atoms with van der Waals surface area (Å²) in [6.45, 7) is 8.74. The van der Waals surface area contributed by atoms with Gasteiger partial charge in [-0.05, 0) is 43.2 Å². The van der Waals surface area contributed by atoms with E-state index in [9.17, 15) is 14.4 Å². The molecule has 2 aromatic rings. The van der Waals surface area contributed by atoms with Crippen LogP contribution in [0, 0.1) is 19.8 Å². The Morgan fingerprint density at radius 3 is 2.62 bits per heavy atom. The summed E-state index contributed by atoms with van der Waals surface area (Å²) in [4.78, 5) is 42.5. The fourth-order valence-corrected chi connectivity index (χ4v) is 4.42. The van der Waals surface area contributed by atoms with E-state index in [4.69, 9.17) is 4.74 Å². The Balaban J connectivity index is 1.37. The number of benzene rings is 2. The summed E-state index contributed by atoms with van der Waals surface area (Å²) in [6, 6.07) is 12.8. The highest BCUT2D eigenvalue weighted by Crippen LogP contribution is 2.30. The molecule has 2 aromatic carbocycles. The van der Waals surface area contributed by atoms with Gasteiger partial charge in [-0.3, -0.25) is 19.3 Å². The van der Waals surface area contributed by atoms with Gasteiger partial charge in [0.1, 0.15) is 0 Å². The molecule has 0 spiro atoms. The van der Waals surface area contributed by atoms with Gasteiger partial charge in [-0.25, -0.2) is 0 Å². The molecule has 8 heteroatoms. The van der Waals surface area contributed by atoms with Gasteiger partial charge in [0.05, 0.1) is 30.4 Å². The maximum Gasteiger partial charge on any atom is 0.253 e. The molecule has 0 aromatic heterocycles. The second kappa shape index (κ2) is 10.8. The van der Waals surface area contributed by atoms with Crippen LogP contribution in [0.15, 0.2) is 42.5 Å². The molecular formula is C26H32N4O4. The fraction of sp³-hybridized carbons (Fsp3) is 0.423. The first kappa shape index (κ1) is 23.9. The molecule has 3 amide bonds. The number of carbonyl (C=O) groups excluding carboxylic acids is 3. The van der Waals surface area contributed by atoms with Crippen LogP contribution in [0.25, 0.3) is 0 Å². The van der Waals surface area contributed by atoms with Gasteiger partial charge >= 0.3 is 0 Å². The number of nitrogens with one attached hydrogen (secondary N) is 2. The topological polar surface area (TPSA) is 91.0 Å². The molecule has 1 unspecified atom stereocenters. The average Bonchev–Trinajstić information content (AvgIpc) is 3.23. The average molecular weight is 465 g/mol. The van der Waals surface area contributed by atoms with Crippen LogP contribution in [0.1, 0.15) is 27.9 Å². The molecule has 0 radical (unpaired) electrons. The third-order valence-electron chi connectivity index (χ3n) is 6.61. The molecule has 2 aliphatic rings. The first-order valence-corrected chi connectivity index (χ1v) is 11.8. The van der Waals surface area contributed by atoms with E-state index in [1.807, 2.05) is 32.0 Å². The van der Waals surface area contributed by atoms with Gasteiger partial charge in [-0.15, -0.1) is 0 Å². The van der Waals surface area contributed by atoms with E-state index in [0.29, 0.717) is 37.6 Å². The smallest absolute Gasteiger partial charge is 0.253 e. The number of anilines is 2. The molecule has 0 bridgehead atoms. The molecule has 2 aliphatic heterocycles. The Labute approximate surface area is 200 Å². The van der Waals surface area contributed by atoms with Crippen LogP contribution in [0.4, 0.5) is 11.4 Å². The van der Waals surface area contributed by atoms with Crippen molar-refractivity contribution in [1.29, 1.82) is 0 Å². The lowest BCUT2D eigenvalue weighted by molar-refractivity contribution is -0.122. The zero-order chi connectivity index (χ0) is 24.1. The maximum atomic E-state index is 13.0. The molecule has 0 aliphatic carbocycles. The van der Waals surface area contributed by atoms with E-state index >= 15 is 0 Å². The Morgan fingerprint density at radius 1 is 1.06 bits per heavy atom. The number of rotatable bonds is 7. The van der Waals surface area contributed by atoms with Crippen LogP contribution < -0.4 is 15.5 Å². The number of aryl methyl sites for hydroxylation is 1. The molecule has 180 valence electrons. The van der Waals surface area contributed by atoms with Gasteiger partial charge in [-0.2, -0.15) is 0 Å². The Bertz CT molecular complexity index is 1060. The highest BCUT2D eigenvalue weighted by atomic mass is 16.5. The number of nitrogens with zero attached hydrogens (tertiary/aromatic N) is 2. The molecule has 4 rings (SSSR count). The Morgan fingerprint density at radius 2 is 1.82 bits per heavy atom. The maximum absolute atomic E-state index is 13.0. The molecule has 2 N–H and O–H groups in total. The minimum Gasteiger partial charge on any atom is -0.379 e. The summed E-state index contributed by atoms with van der Waals surface area (Å²) in [6.07, 6.45) is 0.146. The van der Waals surface area contributed by atoms with E-state index in [0.717, 1.165) is 36.4 Å². The fourth-order valence-electron chi connectivity index (χ4n) is 4.42. The molecule has 8 nitrogen and oxygen atoms in total. The van der Waals surface area contributed by atoms with Gasteiger partial charge in [0.25, 0.3) is 5.91 Å². The SMILES string of the molecule is Cc1cccc(N2CC(C(=O)Nc3ccccc3C(=O)NCCN3CCOCC3)CC2=O)c1C. The van der Waals surface area contributed by atoms with E-state index in [2.05, 4.69) is 15.5 Å². The predicted molar refractivity (Wildman–Crippen MR) is 131 cm³/mol. The summed E-state index contributed by atoms with van der Waals surface area (Å²) < 4.78 is 5.35. The zero-order valence-corrected chi connectivity index (χ0v) is 19.8. The van der Waals surface area contributed by atoms with Crippen molar-refractivity contribution in [3.63, 3.8) is 0 Å². The Kier molecular flexibility index (Phi) is 7.59. The summed E-state index contributed by atoms with van der Waals surface area (Å²) in [5.41, 5.74) is 3.85. The van der Waals surface area contributed by atoms with Crippen LogP contribution >= 0.6 is 0 Å². The van der Waals surface area contributed by atoms with E-state index in [1.54, 1.807) is 29.2 Å². The third kappa shape index (κ3) is 5.46. The largest absolute Gasteiger partial charge is 0.379 e. The van der Waals surface area contributed by atoms with Crippen molar-refractivity contribution < 1.29 is 19.1 Å². The van der Waals surface area contributed by atoms with Crippen molar-refractivity contribution >= 4 is 29.1 Å². The normalized spacial score (nSPS) is 18.7. The summed E-state index contributed by atoms with van der Waals surface area (Å²) in [5.74, 6) is -1.04. The van der Waals surface area contributed by atoms with Crippen LogP contribution in [0.2, 0.25) is 0 Å². The molecule has 1 atom stereocenters. The highest BCUT2D eigenvalue weighted by molar-refractivity contribution is 6.07. The first-order chi connectivity index (χ1) is 16.4. The number of hydrogen-bond acceptors (Lipinski definition) is 5. The van der Waals surface area contributed by atoms with Gasteiger partial charge < -0.3 is 20.3 Å². The minimum atomic E-state index is -0.482.